The van der Waals surface area contributed by atoms with Crippen molar-refractivity contribution >= 4 is 35.3 Å². The second kappa shape index (κ2) is 11.1. The van der Waals surface area contributed by atoms with Crippen molar-refractivity contribution in [3.8, 4) is 11.6 Å². The van der Waals surface area contributed by atoms with E-state index < -0.39 is 0 Å². The maximum Gasteiger partial charge on any atom is 0.239 e. The number of amidine groups is 1. The fraction of sp³-hybridized carbons (Fsp3) is 0.273. The van der Waals surface area contributed by atoms with E-state index in [9.17, 15) is 4.79 Å². The predicted molar refractivity (Wildman–Crippen MR) is 133 cm³/mol. The fourth-order valence-electron chi connectivity index (χ4n) is 3.24. The minimum absolute atomic E-state index is 0.0596. The molecule has 0 radical (unpaired) electrons. The molecular weight excluding hydrogens is 468 g/mol. The van der Waals surface area contributed by atoms with Crippen LogP contribution in [0.3, 0.4) is 0 Å². The van der Waals surface area contributed by atoms with Crippen molar-refractivity contribution in [3.05, 3.63) is 48.3 Å². The van der Waals surface area contributed by atoms with Crippen LogP contribution in [0.2, 0.25) is 0 Å². The lowest BCUT2D eigenvalue weighted by molar-refractivity contribution is -0.114. The lowest BCUT2D eigenvalue weighted by atomic mass is 10.2. The zero-order chi connectivity index (χ0) is 24.8. The Morgan fingerprint density at radius 2 is 2.00 bits per heavy atom. The van der Waals surface area contributed by atoms with Gasteiger partial charge >= 0.3 is 0 Å². The minimum Gasteiger partial charge on any atom is -0.438 e. The lowest BCUT2D eigenvalue weighted by Gasteiger charge is -2.32. The number of nitrogen functional groups attached to an aromatic ring is 1. The van der Waals surface area contributed by atoms with E-state index >= 15 is 0 Å². The molecule has 1 amide bonds. The van der Waals surface area contributed by atoms with Crippen molar-refractivity contribution in [2.75, 3.05) is 50.0 Å². The first-order valence-electron chi connectivity index (χ1n) is 10.8. The van der Waals surface area contributed by atoms with Gasteiger partial charge in [0, 0.05) is 37.9 Å². The maximum atomic E-state index is 11.6. The molecule has 0 atom stereocenters. The first-order valence-corrected chi connectivity index (χ1v) is 11.7. The van der Waals surface area contributed by atoms with Gasteiger partial charge in [-0.3, -0.25) is 10.2 Å². The van der Waals surface area contributed by atoms with Gasteiger partial charge in [-0.05, 0) is 37.0 Å². The highest BCUT2D eigenvalue weighted by atomic mass is 32.2. The number of likely N-dealkylation sites (N-methyl/N-ethyl adjacent to an activating group) is 1. The number of nitrogens with zero attached hydrogens (tertiary/aromatic N) is 6. The van der Waals surface area contributed by atoms with Crippen LogP contribution in [0.15, 0.2) is 52.8 Å². The number of ether oxygens (including phenoxy) is 1. The molecule has 4 rings (SSSR count). The van der Waals surface area contributed by atoms with Crippen molar-refractivity contribution < 1.29 is 9.53 Å². The molecule has 0 saturated carbocycles. The number of nitrogens with two attached hydrogens (primary N) is 2. The van der Waals surface area contributed by atoms with E-state index in [4.69, 9.17) is 26.6 Å². The molecule has 2 aromatic heterocycles. The number of hydrogen-bond acceptors (Lipinski definition) is 11. The van der Waals surface area contributed by atoms with E-state index in [0.717, 1.165) is 26.2 Å². The molecular formula is C22H26N10O2S. The Balaban J connectivity index is 1.64. The Bertz CT molecular complexity index is 1220. The minimum atomic E-state index is -0.353. The van der Waals surface area contributed by atoms with Crippen molar-refractivity contribution in [1.82, 2.24) is 24.8 Å². The summed E-state index contributed by atoms with van der Waals surface area (Å²) >= 11 is 1.20. The summed E-state index contributed by atoms with van der Waals surface area (Å²) in [5.41, 5.74) is 11.5. The molecule has 3 heterocycles. The number of carbonyl (C=O) groups excluding carboxylic acids is 1. The van der Waals surface area contributed by atoms with Crippen LogP contribution in [0.1, 0.15) is 5.56 Å². The van der Waals surface area contributed by atoms with Gasteiger partial charge in [0.25, 0.3) is 0 Å². The Morgan fingerprint density at radius 1 is 1.20 bits per heavy atom. The lowest BCUT2D eigenvalue weighted by Crippen LogP contribution is -2.45. The average molecular weight is 495 g/mol. The zero-order valence-electron chi connectivity index (χ0n) is 19.1. The van der Waals surface area contributed by atoms with E-state index in [2.05, 4.69) is 37.1 Å². The first-order chi connectivity index (χ1) is 16.9. The van der Waals surface area contributed by atoms with E-state index in [1.807, 2.05) is 0 Å². The monoisotopic (exact) mass is 494 g/mol. The number of carbonyl (C=O) groups is 1. The van der Waals surface area contributed by atoms with Crippen LogP contribution in [-0.4, -0.2) is 76.4 Å². The van der Waals surface area contributed by atoms with Crippen LogP contribution < -0.4 is 26.4 Å². The van der Waals surface area contributed by atoms with Gasteiger partial charge in [0.2, 0.25) is 17.7 Å². The third-order valence-electron chi connectivity index (χ3n) is 5.14. The van der Waals surface area contributed by atoms with Gasteiger partial charge in [-0.25, -0.2) is 15.0 Å². The van der Waals surface area contributed by atoms with Crippen molar-refractivity contribution in [2.24, 2.45) is 11.5 Å². The highest BCUT2D eigenvalue weighted by molar-refractivity contribution is 7.99. The van der Waals surface area contributed by atoms with Gasteiger partial charge in [0.15, 0.2) is 5.16 Å². The summed E-state index contributed by atoms with van der Waals surface area (Å²) in [6.07, 6.45) is 3.21. The molecule has 35 heavy (non-hydrogen) atoms. The molecule has 12 nitrogen and oxygen atoms in total. The summed E-state index contributed by atoms with van der Waals surface area (Å²) in [7, 11) is 2.08. The van der Waals surface area contributed by atoms with Crippen LogP contribution in [0.25, 0.3) is 0 Å². The molecule has 6 N–H and O–H groups in total. The van der Waals surface area contributed by atoms with Crippen LogP contribution >= 0.6 is 11.8 Å². The van der Waals surface area contributed by atoms with Gasteiger partial charge in [0.1, 0.15) is 17.4 Å². The van der Waals surface area contributed by atoms with Gasteiger partial charge in [-0.1, -0.05) is 12.1 Å². The average Bonchev–Trinajstić information content (AvgIpc) is 2.86. The van der Waals surface area contributed by atoms with Gasteiger partial charge in [-0.2, -0.15) is 4.98 Å². The summed E-state index contributed by atoms with van der Waals surface area (Å²) in [6, 6.07) is 8.50. The smallest absolute Gasteiger partial charge is 0.239 e. The maximum absolute atomic E-state index is 11.6. The van der Waals surface area contributed by atoms with E-state index in [1.54, 1.807) is 36.5 Å². The summed E-state index contributed by atoms with van der Waals surface area (Å²) in [5, 5.41) is 10.7. The number of benzene rings is 1. The second-order valence-electron chi connectivity index (χ2n) is 7.75. The summed E-state index contributed by atoms with van der Waals surface area (Å²) in [5.74, 6) is 1.28. The van der Waals surface area contributed by atoms with Crippen LogP contribution in [0, 0.1) is 5.41 Å². The number of piperazine rings is 1. The Hall–Kier alpha value is -3.81. The molecule has 1 saturated heterocycles. The quantitative estimate of drug-likeness (QED) is 0.201. The molecule has 0 unspecified atom stereocenters. The molecule has 1 aliphatic rings. The third kappa shape index (κ3) is 6.41. The van der Waals surface area contributed by atoms with Crippen molar-refractivity contribution in [3.63, 3.8) is 0 Å². The molecule has 3 aromatic rings. The molecule has 0 spiro atoms. The summed E-state index contributed by atoms with van der Waals surface area (Å²) in [6.45, 7) is 3.27. The Kier molecular flexibility index (Phi) is 7.70. The van der Waals surface area contributed by atoms with Gasteiger partial charge in [-0.15, -0.1) is 0 Å². The molecule has 1 aliphatic heterocycles. The number of hydrogen-bond donors (Lipinski definition) is 4. The molecule has 1 fully saturated rings. The fourth-order valence-corrected chi connectivity index (χ4v) is 3.97. The zero-order valence-corrected chi connectivity index (χ0v) is 20.0. The van der Waals surface area contributed by atoms with E-state index in [1.165, 1.54) is 18.0 Å². The number of anilines is 2. The Labute approximate surface area is 206 Å². The summed E-state index contributed by atoms with van der Waals surface area (Å²) in [4.78, 5) is 34.4. The number of rotatable bonds is 8. The summed E-state index contributed by atoms with van der Waals surface area (Å²) < 4.78 is 6.13. The topological polar surface area (TPSA) is 172 Å². The predicted octanol–water partition coefficient (Wildman–Crippen LogP) is 1.14. The number of aromatic nitrogens is 4. The second-order valence-corrected chi connectivity index (χ2v) is 8.76. The van der Waals surface area contributed by atoms with Crippen LogP contribution in [0.5, 0.6) is 11.6 Å². The standard InChI is InChI=1S/C22H26N10O2S/c1-31-7-9-32(10-8-31)21-27-13-16(35-22-26-6-5-17(29-22)28-18(33)12-23)20(30-21)34-15-4-2-3-14(11-15)19(24)25/h2-6,11,13H,7-10,12,23H2,1H3,(H3,24,25)(H,26,28,29,33). The van der Waals surface area contributed by atoms with Crippen LogP contribution in [-0.2, 0) is 4.79 Å². The van der Waals surface area contributed by atoms with Crippen molar-refractivity contribution in [2.45, 2.75) is 10.1 Å². The first kappa shape index (κ1) is 24.3. The molecule has 0 bridgehead atoms. The van der Waals surface area contributed by atoms with Gasteiger partial charge < -0.3 is 31.3 Å². The van der Waals surface area contributed by atoms with Crippen molar-refractivity contribution in [1.29, 1.82) is 5.41 Å². The van der Waals surface area contributed by atoms with Gasteiger partial charge in [0.05, 0.1) is 17.6 Å². The Morgan fingerprint density at radius 3 is 2.74 bits per heavy atom. The number of amides is 1. The largest absolute Gasteiger partial charge is 0.438 e. The van der Waals surface area contributed by atoms with E-state index in [0.29, 0.717) is 39.0 Å². The molecule has 182 valence electrons. The number of nitrogens with one attached hydrogen (secondary N) is 2. The molecule has 1 aromatic carbocycles. The highest BCUT2D eigenvalue weighted by Gasteiger charge is 2.20. The normalized spacial score (nSPS) is 13.9. The molecule has 0 aliphatic carbocycles. The highest BCUT2D eigenvalue weighted by Crippen LogP contribution is 2.35. The van der Waals surface area contributed by atoms with Crippen LogP contribution in [0.4, 0.5) is 11.8 Å². The SMILES string of the molecule is CN1CCN(c2ncc(Sc3nccc(NC(=O)CN)n3)c(Oc3cccc(C(=N)N)c3)n2)CC1. The van der Waals surface area contributed by atoms with E-state index in [-0.39, 0.29) is 18.3 Å². The molecule has 13 heteroatoms. The third-order valence-corrected chi connectivity index (χ3v) is 6.02.